The van der Waals surface area contributed by atoms with Crippen LogP contribution in [0.15, 0.2) is 35.8 Å². The average Bonchev–Trinajstić information content (AvgIpc) is 3.27. The van der Waals surface area contributed by atoms with Gasteiger partial charge in [-0.2, -0.15) is 0 Å². The van der Waals surface area contributed by atoms with E-state index in [0.29, 0.717) is 37.0 Å². The van der Waals surface area contributed by atoms with E-state index >= 15 is 0 Å². The minimum atomic E-state index is -1.44. The summed E-state index contributed by atoms with van der Waals surface area (Å²) in [5, 5.41) is 18.2. The first kappa shape index (κ1) is 14.3. The molecular formula is C15H17BFNO3. The Balaban J connectivity index is 1.63. The van der Waals surface area contributed by atoms with Gasteiger partial charge in [0, 0.05) is 19.0 Å². The molecule has 0 radical (unpaired) electrons. The Morgan fingerprint density at radius 2 is 2.10 bits per heavy atom. The molecule has 6 heteroatoms. The maximum atomic E-state index is 13.7. The van der Waals surface area contributed by atoms with E-state index in [1.807, 2.05) is 0 Å². The van der Waals surface area contributed by atoms with E-state index in [-0.39, 0.29) is 23.6 Å². The highest BCUT2D eigenvalue weighted by molar-refractivity contribution is 6.50. The lowest BCUT2D eigenvalue weighted by atomic mass is 9.76. The van der Waals surface area contributed by atoms with Crippen LogP contribution in [0.2, 0.25) is 0 Å². The Morgan fingerprint density at radius 3 is 2.71 bits per heavy atom. The van der Waals surface area contributed by atoms with Gasteiger partial charge in [0.05, 0.1) is 0 Å². The van der Waals surface area contributed by atoms with Crippen molar-refractivity contribution in [3.63, 3.8) is 0 Å². The van der Waals surface area contributed by atoms with Crippen LogP contribution in [0.4, 0.5) is 4.39 Å². The molecule has 3 rings (SSSR count). The summed E-state index contributed by atoms with van der Waals surface area (Å²) in [6.07, 6.45) is 2.85. The van der Waals surface area contributed by atoms with Gasteiger partial charge in [0.15, 0.2) is 0 Å². The van der Waals surface area contributed by atoms with Crippen molar-refractivity contribution >= 4 is 13.0 Å². The first-order chi connectivity index (χ1) is 10.1. The highest BCUT2D eigenvalue weighted by Gasteiger charge is 2.46. The van der Waals surface area contributed by atoms with Crippen LogP contribution >= 0.6 is 0 Å². The molecule has 1 aromatic rings. The second-order valence-corrected chi connectivity index (χ2v) is 5.66. The molecule has 1 amide bonds. The molecule has 2 aliphatic rings. The molecule has 0 unspecified atom stereocenters. The molecule has 0 aromatic heterocycles. The van der Waals surface area contributed by atoms with E-state index in [0.717, 1.165) is 0 Å². The number of benzene rings is 1. The zero-order valence-electron chi connectivity index (χ0n) is 11.6. The van der Waals surface area contributed by atoms with Gasteiger partial charge in [0.1, 0.15) is 5.82 Å². The maximum absolute atomic E-state index is 13.7. The van der Waals surface area contributed by atoms with Gasteiger partial charge in [0.2, 0.25) is 5.91 Å². The second kappa shape index (κ2) is 5.62. The number of halogens is 1. The number of hydrogen-bond acceptors (Lipinski definition) is 3. The zero-order chi connectivity index (χ0) is 15.0. The van der Waals surface area contributed by atoms with E-state index in [1.54, 1.807) is 29.2 Å². The predicted molar refractivity (Wildman–Crippen MR) is 76.7 cm³/mol. The van der Waals surface area contributed by atoms with Crippen LogP contribution < -0.4 is 0 Å². The minimum absolute atomic E-state index is 0.0208. The summed E-state index contributed by atoms with van der Waals surface area (Å²) in [7, 11) is -1.44. The zero-order valence-corrected chi connectivity index (χ0v) is 11.6. The number of nitrogens with zero attached hydrogens (tertiary/aromatic N) is 1. The lowest BCUT2D eigenvalue weighted by Crippen LogP contribution is -2.38. The van der Waals surface area contributed by atoms with Crippen molar-refractivity contribution in [2.24, 2.45) is 5.92 Å². The molecule has 2 N–H and O–H groups in total. The van der Waals surface area contributed by atoms with Gasteiger partial charge < -0.3 is 14.9 Å². The Hall–Kier alpha value is -1.66. The van der Waals surface area contributed by atoms with Crippen molar-refractivity contribution in [1.82, 2.24) is 4.90 Å². The third-order valence-electron chi connectivity index (χ3n) is 4.30. The smallest absolute Gasteiger partial charge is 0.423 e. The van der Waals surface area contributed by atoms with Gasteiger partial charge in [-0.25, -0.2) is 4.39 Å². The Morgan fingerprint density at radius 1 is 1.33 bits per heavy atom. The van der Waals surface area contributed by atoms with Crippen molar-refractivity contribution < 1.29 is 19.2 Å². The highest BCUT2D eigenvalue weighted by atomic mass is 19.1. The first-order valence-electron chi connectivity index (χ1n) is 7.16. The number of rotatable bonds is 3. The third-order valence-corrected chi connectivity index (χ3v) is 4.30. The van der Waals surface area contributed by atoms with Crippen molar-refractivity contribution in [3.05, 3.63) is 47.2 Å². The molecule has 0 bridgehead atoms. The molecule has 1 fully saturated rings. The first-order valence-corrected chi connectivity index (χ1v) is 7.16. The van der Waals surface area contributed by atoms with Crippen molar-refractivity contribution in [3.8, 4) is 0 Å². The molecule has 1 saturated carbocycles. The highest BCUT2D eigenvalue weighted by Crippen LogP contribution is 2.49. The summed E-state index contributed by atoms with van der Waals surface area (Å²) in [4.78, 5) is 14.1. The van der Waals surface area contributed by atoms with E-state index in [9.17, 15) is 9.18 Å². The van der Waals surface area contributed by atoms with Crippen LogP contribution in [0, 0.1) is 11.7 Å². The summed E-state index contributed by atoms with van der Waals surface area (Å²) in [5.74, 6) is -0.378. The standard InChI is InChI=1S/C15H17BFNO3/c17-14-4-2-1-3-11(14)12-9-13(12)15(19)18-7-5-10(6-8-18)16(20)21/h1-5,12-13,20-21H,6-9H2/t12-,13+/m0/s1. The van der Waals surface area contributed by atoms with Gasteiger partial charge >= 0.3 is 7.12 Å². The SMILES string of the molecule is O=C([C@@H]1C[C@H]1c1ccccc1F)N1CC=C(B(O)O)CC1. The number of amides is 1. The molecule has 1 aromatic carbocycles. The van der Waals surface area contributed by atoms with Crippen LogP contribution in [0.3, 0.4) is 0 Å². The van der Waals surface area contributed by atoms with Gasteiger partial charge in [-0.3, -0.25) is 4.79 Å². The van der Waals surface area contributed by atoms with E-state index in [4.69, 9.17) is 10.0 Å². The van der Waals surface area contributed by atoms with Gasteiger partial charge in [0.25, 0.3) is 0 Å². The predicted octanol–water partition coefficient (Wildman–Crippen LogP) is 1.10. The fraction of sp³-hybridized carbons (Fsp3) is 0.400. The fourth-order valence-electron chi connectivity index (χ4n) is 2.94. The van der Waals surface area contributed by atoms with Crippen molar-refractivity contribution in [2.75, 3.05) is 13.1 Å². The van der Waals surface area contributed by atoms with Crippen molar-refractivity contribution in [2.45, 2.75) is 18.8 Å². The van der Waals surface area contributed by atoms with E-state index in [2.05, 4.69) is 0 Å². The molecule has 0 saturated heterocycles. The van der Waals surface area contributed by atoms with Crippen LogP contribution in [0.5, 0.6) is 0 Å². The minimum Gasteiger partial charge on any atom is -0.423 e. The summed E-state index contributed by atoms with van der Waals surface area (Å²) >= 11 is 0. The number of carbonyl (C=O) groups is 1. The molecule has 1 aliphatic heterocycles. The lowest BCUT2D eigenvalue weighted by molar-refractivity contribution is -0.132. The topological polar surface area (TPSA) is 60.8 Å². The average molecular weight is 289 g/mol. The van der Waals surface area contributed by atoms with E-state index in [1.165, 1.54) is 6.07 Å². The van der Waals surface area contributed by atoms with E-state index < -0.39 is 7.12 Å². The summed E-state index contributed by atoms with van der Waals surface area (Å²) < 4.78 is 13.7. The van der Waals surface area contributed by atoms with Crippen molar-refractivity contribution in [1.29, 1.82) is 0 Å². The summed E-state index contributed by atoms with van der Waals surface area (Å²) in [6.45, 7) is 0.884. The quantitative estimate of drug-likeness (QED) is 0.819. The molecular weight excluding hydrogens is 272 g/mol. The van der Waals surface area contributed by atoms with Crippen LogP contribution in [-0.4, -0.2) is 41.1 Å². The number of hydrogen-bond donors (Lipinski definition) is 2. The van der Waals surface area contributed by atoms with Gasteiger partial charge in [-0.05, 0) is 35.9 Å². The lowest BCUT2D eigenvalue weighted by Gasteiger charge is -2.26. The molecule has 0 spiro atoms. The Kier molecular flexibility index (Phi) is 3.82. The van der Waals surface area contributed by atoms with Gasteiger partial charge in [-0.15, -0.1) is 0 Å². The second-order valence-electron chi connectivity index (χ2n) is 5.66. The largest absolute Gasteiger partial charge is 0.483 e. The molecule has 1 heterocycles. The normalized spacial score (nSPS) is 24.5. The Labute approximate surface area is 123 Å². The molecule has 2 atom stereocenters. The summed E-state index contributed by atoms with van der Waals surface area (Å²) in [6, 6.07) is 6.60. The Bertz CT molecular complexity index is 590. The fourth-order valence-corrected chi connectivity index (χ4v) is 2.94. The van der Waals surface area contributed by atoms with Crippen LogP contribution in [-0.2, 0) is 4.79 Å². The monoisotopic (exact) mass is 289 g/mol. The molecule has 4 nitrogen and oxygen atoms in total. The molecule has 21 heavy (non-hydrogen) atoms. The number of carbonyl (C=O) groups excluding carboxylic acids is 1. The third kappa shape index (κ3) is 2.87. The maximum Gasteiger partial charge on any atom is 0.483 e. The molecule has 110 valence electrons. The van der Waals surface area contributed by atoms with Gasteiger partial charge in [-0.1, -0.05) is 24.3 Å². The van der Waals surface area contributed by atoms with Crippen LogP contribution in [0.1, 0.15) is 24.3 Å². The van der Waals surface area contributed by atoms with Crippen LogP contribution in [0.25, 0.3) is 0 Å². The molecule has 1 aliphatic carbocycles. The summed E-state index contributed by atoms with van der Waals surface area (Å²) in [5.41, 5.74) is 1.18.